The highest BCUT2D eigenvalue weighted by atomic mass is 32.1. The number of aryl methyl sites for hydroxylation is 1. The number of halogens is 2. The SMILES string of the molecule is CC(=O)c1ncc(-c2nc(NC(=O)c3c(F)cccc3F)sc2C)s1. The van der Waals surface area contributed by atoms with Crippen LogP contribution < -0.4 is 5.32 Å². The number of carbonyl (C=O) groups is 2. The van der Waals surface area contributed by atoms with Gasteiger partial charge in [-0.15, -0.1) is 22.7 Å². The minimum atomic E-state index is -0.945. The molecule has 1 aromatic carbocycles. The Hall–Kier alpha value is -2.52. The zero-order valence-electron chi connectivity index (χ0n) is 13.1. The lowest BCUT2D eigenvalue weighted by Crippen LogP contribution is -2.15. The van der Waals surface area contributed by atoms with Crippen LogP contribution in [0, 0.1) is 18.6 Å². The average molecular weight is 379 g/mol. The lowest BCUT2D eigenvalue weighted by Gasteiger charge is -2.04. The highest BCUT2D eigenvalue weighted by Crippen LogP contribution is 2.34. The summed E-state index contributed by atoms with van der Waals surface area (Å²) in [7, 11) is 0. The van der Waals surface area contributed by atoms with Gasteiger partial charge in [0.15, 0.2) is 15.9 Å². The van der Waals surface area contributed by atoms with Crippen LogP contribution in [0.25, 0.3) is 10.6 Å². The smallest absolute Gasteiger partial charge is 0.263 e. The number of Topliss-reactive ketones (excluding diaryl/α,β-unsaturated/α-hetero) is 1. The van der Waals surface area contributed by atoms with E-state index in [1.807, 2.05) is 0 Å². The molecule has 25 heavy (non-hydrogen) atoms. The van der Waals surface area contributed by atoms with Gasteiger partial charge < -0.3 is 0 Å². The van der Waals surface area contributed by atoms with Crippen LogP contribution in [0.1, 0.15) is 32.0 Å². The van der Waals surface area contributed by atoms with Crippen LogP contribution in [-0.2, 0) is 0 Å². The van der Waals surface area contributed by atoms with Crippen LogP contribution in [0.5, 0.6) is 0 Å². The molecule has 0 spiro atoms. The molecule has 128 valence electrons. The third-order valence-corrected chi connectivity index (χ3v) is 5.24. The highest BCUT2D eigenvalue weighted by Gasteiger charge is 2.20. The molecule has 9 heteroatoms. The topological polar surface area (TPSA) is 72.0 Å². The maximum atomic E-state index is 13.7. The molecule has 2 aromatic heterocycles. The predicted octanol–water partition coefficient (Wildman–Crippen LogP) is 4.31. The molecule has 0 atom stereocenters. The van der Waals surface area contributed by atoms with Gasteiger partial charge in [0.25, 0.3) is 5.91 Å². The number of nitrogens with one attached hydrogen (secondary N) is 1. The van der Waals surface area contributed by atoms with Gasteiger partial charge in [-0.2, -0.15) is 0 Å². The minimum absolute atomic E-state index is 0.146. The third-order valence-electron chi connectivity index (χ3n) is 3.25. The number of hydrogen-bond acceptors (Lipinski definition) is 6. The molecule has 0 aliphatic carbocycles. The first-order valence-electron chi connectivity index (χ1n) is 7.06. The van der Waals surface area contributed by atoms with Crippen molar-refractivity contribution in [2.75, 3.05) is 5.32 Å². The van der Waals surface area contributed by atoms with Crippen LogP contribution in [-0.4, -0.2) is 21.7 Å². The zero-order valence-corrected chi connectivity index (χ0v) is 14.7. The molecule has 0 radical (unpaired) electrons. The zero-order chi connectivity index (χ0) is 18.1. The van der Waals surface area contributed by atoms with Crippen LogP contribution in [0.4, 0.5) is 13.9 Å². The molecule has 0 bridgehead atoms. The van der Waals surface area contributed by atoms with E-state index in [1.165, 1.54) is 41.9 Å². The van der Waals surface area contributed by atoms with E-state index in [0.29, 0.717) is 15.6 Å². The average Bonchev–Trinajstić information content (AvgIpc) is 3.13. The fourth-order valence-electron chi connectivity index (χ4n) is 2.10. The van der Waals surface area contributed by atoms with Gasteiger partial charge >= 0.3 is 0 Å². The maximum Gasteiger partial charge on any atom is 0.263 e. The summed E-state index contributed by atoms with van der Waals surface area (Å²) < 4.78 is 27.4. The molecule has 0 aliphatic rings. The van der Waals surface area contributed by atoms with Gasteiger partial charge in [-0.25, -0.2) is 18.7 Å². The van der Waals surface area contributed by atoms with E-state index in [-0.39, 0.29) is 10.9 Å². The van der Waals surface area contributed by atoms with Gasteiger partial charge in [0.05, 0.1) is 10.6 Å². The molecule has 0 saturated heterocycles. The van der Waals surface area contributed by atoms with Crippen molar-refractivity contribution in [3.63, 3.8) is 0 Å². The summed E-state index contributed by atoms with van der Waals surface area (Å²) in [4.78, 5) is 33.2. The number of nitrogens with zero attached hydrogens (tertiary/aromatic N) is 2. The van der Waals surface area contributed by atoms with Gasteiger partial charge in [-0.1, -0.05) is 6.07 Å². The highest BCUT2D eigenvalue weighted by molar-refractivity contribution is 7.18. The monoisotopic (exact) mass is 379 g/mol. The largest absolute Gasteiger partial charge is 0.298 e. The van der Waals surface area contributed by atoms with Crippen molar-refractivity contribution in [1.82, 2.24) is 9.97 Å². The lowest BCUT2D eigenvalue weighted by atomic mass is 10.2. The summed E-state index contributed by atoms with van der Waals surface area (Å²) in [6.07, 6.45) is 1.53. The molecular formula is C16H11F2N3O2S2. The van der Waals surface area contributed by atoms with Crippen molar-refractivity contribution in [2.24, 2.45) is 0 Å². The maximum absolute atomic E-state index is 13.7. The number of ketones is 1. The first kappa shape index (κ1) is 17.3. The Morgan fingerprint density at radius 1 is 1.16 bits per heavy atom. The Bertz CT molecular complexity index is 961. The summed E-state index contributed by atoms with van der Waals surface area (Å²) in [5, 5.41) is 2.98. The standard InChI is InChI=1S/C16H11F2N3O2S2/c1-7(22)15-19-6-11(25-15)13-8(2)24-16(20-13)21-14(23)12-9(17)4-3-5-10(12)18/h3-6H,1-2H3,(H,20,21,23). The van der Waals surface area contributed by atoms with Crippen molar-refractivity contribution in [3.05, 3.63) is 51.5 Å². The first-order valence-corrected chi connectivity index (χ1v) is 8.70. The number of thiazole rings is 2. The Morgan fingerprint density at radius 2 is 1.84 bits per heavy atom. The molecule has 1 N–H and O–H groups in total. The quantitative estimate of drug-likeness (QED) is 0.686. The molecule has 0 unspecified atom stereocenters. The van der Waals surface area contributed by atoms with Crippen LogP contribution in [0.2, 0.25) is 0 Å². The van der Waals surface area contributed by atoms with Crippen molar-refractivity contribution >= 4 is 39.5 Å². The minimum Gasteiger partial charge on any atom is -0.298 e. The summed E-state index contributed by atoms with van der Waals surface area (Å²) in [6, 6.07) is 3.21. The normalized spacial score (nSPS) is 10.7. The Morgan fingerprint density at radius 3 is 2.44 bits per heavy atom. The molecule has 0 aliphatic heterocycles. The number of amides is 1. The molecule has 1 amide bonds. The molecule has 3 aromatic rings. The van der Waals surface area contributed by atoms with Crippen molar-refractivity contribution < 1.29 is 18.4 Å². The summed E-state index contributed by atoms with van der Waals surface area (Å²) in [5.74, 6) is -2.95. The van der Waals surface area contributed by atoms with Gasteiger partial charge in [-0.05, 0) is 19.1 Å². The van der Waals surface area contributed by atoms with E-state index in [1.54, 1.807) is 6.92 Å². The number of carbonyl (C=O) groups excluding carboxylic acids is 2. The number of benzene rings is 1. The second-order valence-corrected chi connectivity index (χ2v) is 7.29. The fraction of sp³-hybridized carbons (Fsp3) is 0.125. The molecule has 5 nitrogen and oxygen atoms in total. The van der Waals surface area contributed by atoms with E-state index in [0.717, 1.165) is 17.0 Å². The number of hydrogen-bond donors (Lipinski definition) is 1. The second-order valence-electron chi connectivity index (χ2n) is 5.06. The Balaban J connectivity index is 1.87. The Kier molecular flexibility index (Phi) is 4.69. The van der Waals surface area contributed by atoms with E-state index >= 15 is 0 Å². The Labute approximate surface area is 149 Å². The number of rotatable bonds is 4. The molecule has 3 rings (SSSR count). The molecule has 2 heterocycles. The van der Waals surface area contributed by atoms with Gasteiger partial charge in [-0.3, -0.25) is 14.9 Å². The van der Waals surface area contributed by atoms with Gasteiger partial charge in [0.1, 0.15) is 17.2 Å². The second kappa shape index (κ2) is 6.77. The summed E-state index contributed by atoms with van der Waals surface area (Å²) in [6.45, 7) is 3.21. The van der Waals surface area contributed by atoms with Crippen LogP contribution >= 0.6 is 22.7 Å². The van der Waals surface area contributed by atoms with Gasteiger partial charge in [0, 0.05) is 18.0 Å². The lowest BCUT2D eigenvalue weighted by molar-refractivity contribution is 0.100. The molecule has 0 fully saturated rings. The van der Waals surface area contributed by atoms with E-state index in [2.05, 4.69) is 15.3 Å². The first-order chi connectivity index (χ1) is 11.9. The van der Waals surface area contributed by atoms with Crippen molar-refractivity contribution in [2.45, 2.75) is 13.8 Å². The van der Waals surface area contributed by atoms with E-state index in [4.69, 9.17) is 0 Å². The third kappa shape index (κ3) is 3.47. The molecule has 0 saturated carbocycles. The van der Waals surface area contributed by atoms with Crippen molar-refractivity contribution in [1.29, 1.82) is 0 Å². The number of aromatic nitrogens is 2. The van der Waals surface area contributed by atoms with E-state index in [9.17, 15) is 18.4 Å². The van der Waals surface area contributed by atoms with E-state index < -0.39 is 23.1 Å². The number of anilines is 1. The summed E-state index contributed by atoms with van der Waals surface area (Å²) >= 11 is 2.36. The molecular weight excluding hydrogens is 368 g/mol. The fourth-order valence-corrected chi connectivity index (χ4v) is 3.85. The van der Waals surface area contributed by atoms with Crippen LogP contribution in [0.15, 0.2) is 24.4 Å². The summed E-state index contributed by atoms with van der Waals surface area (Å²) in [5.41, 5.74) is -0.0899. The van der Waals surface area contributed by atoms with Gasteiger partial charge in [0.2, 0.25) is 0 Å². The predicted molar refractivity (Wildman–Crippen MR) is 92.3 cm³/mol. The van der Waals surface area contributed by atoms with Crippen LogP contribution in [0.3, 0.4) is 0 Å². The van der Waals surface area contributed by atoms with Crippen molar-refractivity contribution in [3.8, 4) is 10.6 Å².